The van der Waals surface area contributed by atoms with E-state index < -0.39 is 40.3 Å². The van der Waals surface area contributed by atoms with Crippen LogP contribution in [-0.4, -0.2) is 46.2 Å². The second-order valence-electron chi connectivity index (χ2n) is 6.93. The molecule has 0 aliphatic carbocycles. The van der Waals surface area contributed by atoms with Gasteiger partial charge >= 0.3 is 6.09 Å². The third-order valence-corrected chi connectivity index (χ3v) is 3.86. The third kappa shape index (κ3) is 3.90. The molecule has 1 saturated heterocycles. The smallest absolute Gasteiger partial charge is 0.410 e. The average Bonchev–Trinajstić information content (AvgIpc) is 2.48. The van der Waals surface area contributed by atoms with Crippen LogP contribution in [0.2, 0.25) is 0 Å². The molecule has 1 aromatic carbocycles. The van der Waals surface area contributed by atoms with Crippen molar-refractivity contribution in [2.45, 2.75) is 44.8 Å². The minimum absolute atomic E-state index is 0.0684. The molecule has 1 fully saturated rings. The van der Waals surface area contributed by atoms with Crippen LogP contribution < -0.4 is 0 Å². The molecule has 0 aromatic heterocycles. The Morgan fingerprint density at radius 1 is 1.21 bits per heavy atom. The number of piperidine rings is 1. The molecule has 0 bridgehead atoms. The van der Waals surface area contributed by atoms with Crippen LogP contribution >= 0.6 is 0 Å². The number of hydrogen-bond acceptors (Lipinski definition) is 4. The van der Waals surface area contributed by atoms with Crippen molar-refractivity contribution in [3.05, 3.63) is 35.4 Å². The lowest BCUT2D eigenvalue weighted by Crippen LogP contribution is -2.51. The molecule has 1 aliphatic rings. The van der Waals surface area contributed by atoms with E-state index in [1.165, 1.54) is 11.0 Å². The van der Waals surface area contributed by atoms with E-state index in [9.17, 15) is 23.5 Å². The molecule has 1 aromatic rings. The Bertz CT molecular complexity index is 646. The van der Waals surface area contributed by atoms with Crippen LogP contribution in [0.15, 0.2) is 18.2 Å². The summed E-state index contributed by atoms with van der Waals surface area (Å²) in [4.78, 5) is 25.8. The first-order valence-electron chi connectivity index (χ1n) is 7.73. The van der Waals surface area contributed by atoms with Crippen molar-refractivity contribution in [3.63, 3.8) is 0 Å². The number of halogens is 2. The molecule has 0 unspecified atom stereocenters. The molecule has 0 spiro atoms. The van der Waals surface area contributed by atoms with Gasteiger partial charge in [-0.25, -0.2) is 13.6 Å². The van der Waals surface area contributed by atoms with Crippen molar-refractivity contribution in [2.24, 2.45) is 0 Å². The van der Waals surface area contributed by atoms with Crippen LogP contribution in [0.5, 0.6) is 0 Å². The zero-order chi connectivity index (χ0) is 18.1. The zero-order valence-electron chi connectivity index (χ0n) is 13.9. The standard InChI is InChI=1S/C17H21F2NO4/c1-16(2,3)24-15(22)20-9-7-17(23,8-10-20)14(21)11-5-4-6-12(18)13(11)19/h4-6,23H,7-10H2,1-3H3. The number of aliphatic hydroxyl groups is 1. The number of nitrogens with zero attached hydrogens (tertiary/aromatic N) is 1. The molecule has 1 heterocycles. The lowest BCUT2D eigenvalue weighted by atomic mass is 9.84. The lowest BCUT2D eigenvalue weighted by Gasteiger charge is -2.37. The highest BCUT2D eigenvalue weighted by Crippen LogP contribution is 2.28. The predicted octanol–water partition coefficient (Wildman–Crippen LogP) is 2.91. The van der Waals surface area contributed by atoms with Gasteiger partial charge in [-0.05, 0) is 32.9 Å². The van der Waals surface area contributed by atoms with Crippen LogP contribution in [0.25, 0.3) is 0 Å². The van der Waals surface area contributed by atoms with E-state index in [0.29, 0.717) is 0 Å². The molecule has 132 valence electrons. The number of likely N-dealkylation sites (tertiary alicyclic amines) is 1. The summed E-state index contributed by atoms with van der Waals surface area (Å²) in [5.74, 6) is -3.29. The van der Waals surface area contributed by atoms with Crippen LogP contribution in [-0.2, 0) is 4.74 Å². The molecule has 0 saturated carbocycles. The fourth-order valence-corrected chi connectivity index (χ4v) is 2.54. The first kappa shape index (κ1) is 18.3. The van der Waals surface area contributed by atoms with Crippen molar-refractivity contribution < 1.29 is 28.2 Å². The number of hydrogen-bond donors (Lipinski definition) is 1. The Kier molecular flexibility index (Phi) is 4.94. The normalized spacial score (nSPS) is 17.5. The highest BCUT2D eigenvalue weighted by molar-refractivity contribution is 6.02. The van der Waals surface area contributed by atoms with Gasteiger partial charge in [-0.2, -0.15) is 0 Å². The Balaban J connectivity index is 2.08. The van der Waals surface area contributed by atoms with Gasteiger partial charge < -0.3 is 14.7 Å². The van der Waals surface area contributed by atoms with Gasteiger partial charge in [0.25, 0.3) is 0 Å². The van der Waals surface area contributed by atoms with Crippen LogP contribution in [0.3, 0.4) is 0 Å². The van der Waals surface area contributed by atoms with Gasteiger partial charge in [0, 0.05) is 25.9 Å². The Labute approximate surface area is 139 Å². The number of Topliss-reactive ketones (excluding diaryl/α,β-unsaturated/α-hetero) is 1. The molecule has 1 N–H and O–H groups in total. The molecule has 5 nitrogen and oxygen atoms in total. The zero-order valence-corrected chi connectivity index (χ0v) is 13.9. The highest BCUT2D eigenvalue weighted by atomic mass is 19.2. The summed E-state index contributed by atoms with van der Waals surface area (Å²) in [6.07, 6.45) is -0.670. The number of ketones is 1. The van der Waals surface area contributed by atoms with Gasteiger partial charge in [0.05, 0.1) is 5.56 Å². The number of rotatable bonds is 2. The van der Waals surface area contributed by atoms with Crippen molar-refractivity contribution >= 4 is 11.9 Å². The van der Waals surface area contributed by atoms with E-state index in [-0.39, 0.29) is 25.9 Å². The number of benzene rings is 1. The molecule has 24 heavy (non-hydrogen) atoms. The Morgan fingerprint density at radius 3 is 2.33 bits per heavy atom. The maximum Gasteiger partial charge on any atom is 0.410 e. The van der Waals surface area contributed by atoms with Crippen LogP contribution in [0.1, 0.15) is 44.0 Å². The van der Waals surface area contributed by atoms with Gasteiger partial charge in [-0.1, -0.05) is 6.07 Å². The third-order valence-electron chi connectivity index (χ3n) is 3.86. The van der Waals surface area contributed by atoms with Crippen molar-refractivity contribution in [3.8, 4) is 0 Å². The first-order chi connectivity index (χ1) is 11.0. The minimum atomic E-state index is -1.83. The van der Waals surface area contributed by atoms with Gasteiger partial charge in [0.1, 0.15) is 11.2 Å². The first-order valence-corrected chi connectivity index (χ1v) is 7.73. The quantitative estimate of drug-likeness (QED) is 0.840. The second kappa shape index (κ2) is 6.47. The molecular formula is C17H21F2NO4. The van der Waals surface area contributed by atoms with Crippen molar-refractivity contribution in [2.75, 3.05) is 13.1 Å². The fourth-order valence-electron chi connectivity index (χ4n) is 2.54. The van der Waals surface area contributed by atoms with E-state index in [2.05, 4.69) is 0 Å². The Hall–Kier alpha value is -2.02. The van der Waals surface area contributed by atoms with E-state index in [4.69, 9.17) is 4.74 Å². The average molecular weight is 341 g/mol. The molecule has 1 aliphatic heterocycles. The summed E-state index contributed by atoms with van der Waals surface area (Å²) >= 11 is 0. The molecular weight excluding hydrogens is 320 g/mol. The second-order valence-corrected chi connectivity index (χ2v) is 6.93. The maximum atomic E-state index is 13.8. The minimum Gasteiger partial charge on any atom is -0.444 e. The highest BCUT2D eigenvalue weighted by Gasteiger charge is 2.42. The summed E-state index contributed by atoms with van der Waals surface area (Å²) in [6, 6.07) is 3.26. The largest absolute Gasteiger partial charge is 0.444 e. The van der Waals surface area contributed by atoms with Gasteiger partial charge in [0.15, 0.2) is 17.4 Å². The molecule has 1 amide bonds. The molecule has 7 heteroatoms. The van der Waals surface area contributed by atoms with E-state index in [1.807, 2.05) is 0 Å². The SMILES string of the molecule is CC(C)(C)OC(=O)N1CCC(O)(C(=O)c2cccc(F)c2F)CC1. The number of carbonyl (C=O) groups is 2. The van der Waals surface area contributed by atoms with Gasteiger partial charge in [0.2, 0.25) is 0 Å². The van der Waals surface area contributed by atoms with Crippen molar-refractivity contribution in [1.29, 1.82) is 0 Å². The lowest BCUT2D eigenvalue weighted by molar-refractivity contribution is -0.0201. The summed E-state index contributed by atoms with van der Waals surface area (Å²) in [7, 11) is 0. The monoisotopic (exact) mass is 341 g/mol. The maximum absolute atomic E-state index is 13.8. The molecule has 0 atom stereocenters. The topological polar surface area (TPSA) is 66.8 Å². The summed E-state index contributed by atoms with van der Waals surface area (Å²) in [5, 5.41) is 10.5. The number of carbonyl (C=O) groups excluding carboxylic acids is 2. The number of amides is 1. The van der Waals surface area contributed by atoms with Crippen LogP contribution in [0.4, 0.5) is 13.6 Å². The molecule has 2 rings (SSSR count). The predicted molar refractivity (Wildman–Crippen MR) is 82.7 cm³/mol. The van der Waals surface area contributed by atoms with Crippen LogP contribution in [0, 0.1) is 11.6 Å². The summed E-state index contributed by atoms with van der Waals surface area (Å²) in [6.45, 7) is 5.40. The fraction of sp³-hybridized carbons (Fsp3) is 0.529. The Morgan fingerprint density at radius 2 is 1.79 bits per heavy atom. The van der Waals surface area contributed by atoms with Gasteiger partial charge in [-0.3, -0.25) is 4.79 Å². The van der Waals surface area contributed by atoms with Gasteiger partial charge in [-0.15, -0.1) is 0 Å². The van der Waals surface area contributed by atoms with Crippen molar-refractivity contribution in [1.82, 2.24) is 4.90 Å². The molecule has 0 radical (unpaired) electrons. The number of ether oxygens (including phenoxy) is 1. The summed E-state index contributed by atoms with van der Waals surface area (Å²) in [5.41, 5.74) is -2.96. The van der Waals surface area contributed by atoms with E-state index in [1.54, 1.807) is 20.8 Å². The van der Waals surface area contributed by atoms with E-state index in [0.717, 1.165) is 12.1 Å². The summed E-state index contributed by atoms with van der Waals surface area (Å²) < 4.78 is 32.3. The van der Waals surface area contributed by atoms with E-state index >= 15 is 0 Å².